The van der Waals surface area contributed by atoms with Crippen LogP contribution in [0.2, 0.25) is 0 Å². The minimum atomic E-state index is -3.86. The van der Waals surface area contributed by atoms with Crippen molar-refractivity contribution < 1.29 is 17.6 Å². The molecule has 0 spiro atoms. The zero-order valence-electron chi connectivity index (χ0n) is 17.2. The number of carbonyl (C=O) groups is 1. The van der Waals surface area contributed by atoms with E-state index in [9.17, 15) is 17.6 Å². The van der Waals surface area contributed by atoms with Gasteiger partial charge in [0.1, 0.15) is 10.0 Å². The Kier molecular flexibility index (Phi) is 6.35. The average molecular weight is 473 g/mol. The van der Waals surface area contributed by atoms with Gasteiger partial charge < -0.3 is 9.88 Å². The summed E-state index contributed by atoms with van der Waals surface area (Å²) < 4.78 is 44.5. The third kappa shape index (κ3) is 5.04. The van der Waals surface area contributed by atoms with Crippen LogP contribution in [0.4, 0.5) is 4.39 Å². The summed E-state index contributed by atoms with van der Waals surface area (Å²) in [6.07, 6.45) is 1.66. The predicted molar refractivity (Wildman–Crippen MR) is 121 cm³/mol. The van der Waals surface area contributed by atoms with Gasteiger partial charge in [-0.1, -0.05) is 24.3 Å². The van der Waals surface area contributed by atoms with Gasteiger partial charge >= 0.3 is 0 Å². The molecule has 0 radical (unpaired) electrons. The topological polar surface area (TPSA) is 93.1 Å². The van der Waals surface area contributed by atoms with Crippen molar-refractivity contribution in [2.24, 2.45) is 0 Å². The van der Waals surface area contributed by atoms with Crippen LogP contribution in [0, 0.1) is 5.82 Å². The normalized spacial score (nSPS) is 12.7. The van der Waals surface area contributed by atoms with Crippen LogP contribution in [0.15, 0.2) is 71.2 Å². The Morgan fingerprint density at radius 1 is 1.12 bits per heavy atom. The van der Waals surface area contributed by atoms with Crippen molar-refractivity contribution in [1.82, 2.24) is 19.6 Å². The van der Waals surface area contributed by atoms with Crippen LogP contribution in [-0.2, 0) is 27.9 Å². The molecular formula is C22H21FN4O3S2. The SMILES string of the molecule is CC(=O)NCc1ccc(S(=O)(=O)NC(Cn2cnc3ccccc32)c2ccc(F)cc2)s1. The van der Waals surface area contributed by atoms with Crippen molar-refractivity contribution in [1.29, 1.82) is 0 Å². The number of sulfonamides is 1. The molecule has 0 saturated carbocycles. The lowest BCUT2D eigenvalue weighted by Crippen LogP contribution is -2.31. The Hall–Kier alpha value is -3.08. The minimum Gasteiger partial charge on any atom is -0.351 e. The lowest BCUT2D eigenvalue weighted by atomic mass is 10.1. The highest BCUT2D eigenvalue weighted by Gasteiger charge is 2.24. The number of amides is 1. The Morgan fingerprint density at radius 2 is 1.88 bits per heavy atom. The lowest BCUT2D eigenvalue weighted by Gasteiger charge is -2.20. The second-order valence-corrected chi connectivity index (χ2v) is 10.4. The Labute approximate surface area is 189 Å². The molecule has 0 aliphatic carbocycles. The van der Waals surface area contributed by atoms with Crippen LogP contribution < -0.4 is 10.0 Å². The fourth-order valence-electron chi connectivity index (χ4n) is 3.31. The first kappa shape index (κ1) is 22.1. The number of imidazole rings is 1. The fourth-order valence-corrected chi connectivity index (χ4v) is 5.84. The first-order chi connectivity index (χ1) is 15.3. The lowest BCUT2D eigenvalue weighted by molar-refractivity contribution is -0.119. The van der Waals surface area contributed by atoms with E-state index in [-0.39, 0.29) is 23.2 Å². The summed E-state index contributed by atoms with van der Waals surface area (Å²) in [6.45, 7) is 1.94. The van der Waals surface area contributed by atoms with E-state index in [0.29, 0.717) is 5.56 Å². The first-order valence-corrected chi connectivity index (χ1v) is 12.1. The maximum atomic E-state index is 13.5. The standard InChI is InChI=1S/C22H21FN4O3S2/c1-15(28)24-12-18-10-11-22(31-18)32(29,30)26-20(16-6-8-17(23)9-7-16)13-27-14-25-19-4-2-3-5-21(19)27/h2-11,14,20,26H,12-13H2,1H3,(H,24,28). The average Bonchev–Trinajstić information content (AvgIpc) is 3.40. The number of thiophene rings is 1. The zero-order valence-corrected chi connectivity index (χ0v) is 18.8. The molecule has 2 aromatic carbocycles. The Bertz CT molecular complexity index is 1350. The van der Waals surface area contributed by atoms with Crippen LogP contribution in [0.25, 0.3) is 11.0 Å². The number of carbonyl (C=O) groups excluding carboxylic acids is 1. The molecule has 1 atom stereocenters. The maximum absolute atomic E-state index is 13.5. The number of halogens is 1. The van der Waals surface area contributed by atoms with E-state index in [4.69, 9.17) is 0 Å². The summed E-state index contributed by atoms with van der Waals surface area (Å²) >= 11 is 1.09. The molecule has 7 nitrogen and oxygen atoms in total. The molecule has 0 fully saturated rings. The first-order valence-electron chi connectivity index (χ1n) is 9.82. The third-order valence-electron chi connectivity index (χ3n) is 4.89. The van der Waals surface area contributed by atoms with E-state index in [1.165, 1.54) is 25.1 Å². The number of hydrogen-bond acceptors (Lipinski definition) is 5. The van der Waals surface area contributed by atoms with Crippen molar-refractivity contribution in [3.8, 4) is 0 Å². The van der Waals surface area contributed by atoms with Crippen molar-refractivity contribution in [2.45, 2.75) is 30.3 Å². The largest absolute Gasteiger partial charge is 0.351 e. The predicted octanol–water partition coefficient (Wildman–Crippen LogP) is 3.59. The molecule has 2 N–H and O–H groups in total. The highest BCUT2D eigenvalue weighted by molar-refractivity contribution is 7.91. The van der Waals surface area contributed by atoms with Crippen molar-refractivity contribution >= 4 is 38.3 Å². The molecule has 10 heteroatoms. The van der Waals surface area contributed by atoms with Crippen LogP contribution >= 0.6 is 11.3 Å². The molecule has 166 valence electrons. The zero-order chi connectivity index (χ0) is 22.7. The quantitative estimate of drug-likeness (QED) is 0.410. The van der Waals surface area contributed by atoms with Gasteiger partial charge in [0.25, 0.3) is 10.0 Å². The molecule has 32 heavy (non-hydrogen) atoms. The number of aromatic nitrogens is 2. The van der Waals surface area contributed by atoms with Crippen LogP contribution in [0.3, 0.4) is 0 Å². The van der Waals surface area contributed by atoms with E-state index >= 15 is 0 Å². The molecule has 0 saturated heterocycles. The molecule has 1 unspecified atom stereocenters. The molecule has 0 aliphatic heterocycles. The molecule has 4 rings (SSSR count). The summed E-state index contributed by atoms with van der Waals surface area (Å²) in [5.41, 5.74) is 2.30. The van der Waals surface area contributed by atoms with Crippen LogP contribution in [0.5, 0.6) is 0 Å². The minimum absolute atomic E-state index is 0.139. The van der Waals surface area contributed by atoms with Crippen molar-refractivity contribution in [2.75, 3.05) is 0 Å². The Morgan fingerprint density at radius 3 is 2.62 bits per heavy atom. The number of fused-ring (bicyclic) bond motifs is 1. The molecule has 2 aromatic heterocycles. The number of nitrogens with one attached hydrogen (secondary N) is 2. The molecule has 2 heterocycles. The highest BCUT2D eigenvalue weighted by Crippen LogP contribution is 2.26. The van der Waals surface area contributed by atoms with Gasteiger partial charge in [-0.05, 0) is 42.0 Å². The number of hydrogen-bond donors (Lipinski definition) is 2. The van der Waals surface area contributed by atoms with E-state index in [0.717, 1.165) is 27.2 Å². The van der Waals surface area contributed by atoms with Gasteiger partial charge in [0.2, 0.25) is 5.91 Å². The van der Waals surface area contributed by atoms with Crippen LogP contribution in [-0.4, -0.2) is 23.9 Å². The van der Waals surface area contributed by atoms with E-state index in [1.807, 2.05) is 28.8 Å². The van der Waals surface area contributed by atoms with Crippen molar-refractivity contribution in [3.63, 3.8) is 0 Å². The smallest absolute Gasteiger partial charge is 0.250 e. The summed E-state index contributed by atoms with van der Waals surface area (Å²) in [5.74, 6) is -0.589. The summed E-state index contributed by atoms with van der Waals surface area (Å²) in [4.78, 5) is 16.2. The van der Waals surface area contributed by atoms with Crippen LogP contribution in [0.1, 0.15) is 23.4 Å². The summed E-state index contributed by atoms with van der Waals surface area (Å²) in [7, 11) is -3.86. The number of benzene rings is 2. The number of nitrogens with zero attached hydrogens (tertiary/aromatic N) is 2. The summed E-state index contributed by atoms with van der Waals surface area (Å²) in [6, 6.07) is 15.8. The monoisotopic (exact) mass is 472 g/mol. The third-order valence-corrected chi connectivity index (χ3v) is 7.94. The fraction of sp³-hybridized carbons (Fsp3) is 0.182. The molecule has 0 aliphatic rings. The molecular weight excluding hydrogens is 451 g/mol. The number of para-hydroxylation sites is 2. The van der Waals surface area contributed by atoms with Gasteiger partial charge in [-0.25, -0.2) is 22.5 Å². The highest BCUT2D eigenvalue weighted by atomic mass is 32.2. The molecule has 1 amide bonds. The number of rotatable bonds is 8. The Balaban J connectivity index is 1.62. The second kappa shape index (κ2) is 9.19. The second-order valence-electron chi connectivity index (χ2n) is 7.24. The molecule has 0 bridgehead atoms. The van der Waals surface area contributed by atoms with E-state index in [1.54, 1.807) is 24.5 Å². The van der Waals surface area contributed by atoms with Gasteiger partial charge in [-0.3, -0.25) is 4.79 Å². The van der Waals surface area contributed by atoms with E-state index < -0.39 is 21.9 Å². The maximum Gasteiger partial charge on any atom is 0.250 e. The van der Waals surface area contributed by atoms with Gasteiger partial charge in [-0.15, -0.1) is 11.3 Å². The van der Waals surface area contributed by atoms with E-state index in [2.05, 4.69) is 15.0 Å². The van der Waals surface area contributed by atoms with Gasteiger partial charge in [0.05, 0.1) is 29.9 Å². The van der Waals surface area contributed by atoms with Gasteiger partial charge in [-0.2, -0.15) is 0 Å². The summed E-state index contributed by atoms with van der Waals surface area (Å²) in [5, 5.41) is 2.66. The molecule has 4 aromatic rings. The van der Waals surface area contributed by atoms with Gasteiger partial charge in [0, 0.05) is 18.3 Å². The van der Waals surface area contributed by atoms with Crippen molar-refractivity contribution in [3.05, 3.63) is 83.2 Å². The van der Waals surface area contributed by atoms with Gasteiger partial charge in [0.15, 0.2) is 0 Å².